The summed E-state index contributed by atoms with van der Waals surface area (Å²) in [5.74, 6) is 0.0702. The number of esters is 1. The third kappa shape index (κ3) is 6.06. The fourth-order valence-electron chi connectivity index (χ4n) is 6.06. The van der Waals surface area contributed by atoms with E-state index in [4.69, 9.17) is 0 Å². The third-order valence-electron chi connectivity index (χ3n) is 8.16. The van der Waals surface area contributed by atoms with Crippen molar-refractivity contribution >= 4 is 29.3 Å². The fraction of sp³-hybridized carbons (Fsp3) is 0.333. The molecule has 0 N–H and O–H groups in total. The zero-order valence-electron chi connectivity index (χ0n) is 22.8. The molecule has 3 aromatic rings. The average Bonchev–Trinajstić information content (AvgIpc) is 3.58. The molecule has 0 heterocycles. The summed E-state index contributed by atoms with van der Waals surface area (Å²) >= 11 is 0. The van der Waals surface area contributed by atoms with Gasteiger partial charge in [-0.05, 0) is 89.8 Å². The predicted molar refractivity (Wildman–Crippen MR) is 154 cm³/mol. The minimum atomic E-state index is -0.521. The van der Waals surface area contributed by atoms with Gasteiger partial charge in [-0.2, -0.15) is 0 Å². The van der Waals surface area contributed by atoms with Crippen molar-refractivity contribution in [2.24, 2.45) is 17.8 Å². The van der Waals surface area contributed by atoms with Gasteiger partial charge >= 0.3 is 5.97 Å². The molecule has 2 aliphatic rings. The summed E-state index contributed by atoms with van der Waals surface area (Å²) in [6, 6.07) is 21.1. The molecule has 3 atom stereocenters. The van der Waals surface area contributed by atoms with Gasteiger partial charge in [-0.3, -0.25) is 4.79 Å². The molecule has 0 aromatic heterocycles. The number of halogens is 1. The van der Waals surface area contributed by atoms with Gasteiger partial charge in [0.05, 0.1) is 13.7 Å². The number of amides is 1. The minimum absolute atomic E-state index is 0.0319. The number of ether oxygens (including phenoxy) is 1. The van der Waals surface area contributed by atoms with Gasteiger partial charge in [0, 0.05) is 37.5 Å². The normalized spacial score (nSPS) is 19.8. The SMILES string of the molecule is COC(=O)/C=C/c1cc(F)cc(N(Cc2ccc(-c3ccc(N(C)C)cc3)cc2)C(=O)C2C[C@H]3CC[C@@H]2C3)c1. The fourth-order valence-corrected chi connectivity index (χ4v) is 6.06. The highest BCUT2D eigenvalue weighted by molar-refractivity contribution is 5.96. The molecular formula is C33H35FN2O3. The number of methoxy groups -OCH3 is 1. The van der Waals surface area contributed by atoms with Crippen LogP contribution in [0.25, 0.3) is 17.2 Å². The van der Waals surface area contributed by atoms with Crippen molar-refractivity contribution in [2.75, 3.05) is 31.0 Å². The van der Waals surface area contributed by atoms with Gasteiger partial charge < -0.3 is 14.5 Å². The molecule has 39 heavy (non-hydrogen) atoms. The predicted octanol–water partition coefficient (Wildman–Crippen LogP) is 6.71. The van der Waals surface area contributed by atoms with Crippen molar-refractivity contribution in [1.29, 1.82) is 0 Å². The molecule has 1 unspecified atom stereocenters. The monoisotopic (exact) mass is 526 g/mol. The molecule has 5 rings (SSSR count). The number of fused-ring (bicyclic) bond motifs is 2. The van der Waals surface area contributed by atoms with Crippen molar-refractivity contribution in [3.63, 3.8) is 0 Å². The maximum Gasteiger partial charge on any atom is 0.330 e. The molecule has 0 spiro atoms. The Labute approximate surface area is 229 Å². The number of carbonyl (C=O) groups is 2. The number of nitrogens with zero attached hydrogens (tertiary/aromatic N) is 2. The number of benzene rings is 3. The summed E-state index contributed by atoms with van der Waals surface area (Å²) in [5.41, 5.74) is 5.32. The summed E-state index contributed by atoms with van der Waals surface area (Å²) < 4.78 is 19.4. The largest absolute Gasteiger partial charge is 0.466 e. The third-order valence-corrected chi connectivity index (χ3v) is 8.16. The molecule has 0 saturated heterocycles. The molecule has 5 nitrogen and oxygen atoms in total. The summed E-state index contributed by atoms with van der Waals surface area (Å²) in [6.45, 7) is 0.343. The van der Waals surface area contributed by atoms with Crippen LogP contribution in [0.3, 0.4) is 0 Å². The van der Waals surface area contributed by atoms with Crippen LogP contribution in [-0.2, 0) is 20.9 Å². The van der Waals surface area contributed by atoms with Crippen LogP contribution in [0.5, 0.6) is 0 Å². The lowest BCUT2D eigenvalue weighted by atomic mass is 9.87. The lowest BCUT2D eigenvalue weighted by Crippen LogP contribution is -2.38. The second-order valence-electron chi connectivity index (χ2n) is 10.9. The average molecular weight is 527 g/mol. The van der Waals surface area contributed by atoms with Crippen LogP contribution in [-0.4, -0.2) is 33.1 Å². The minimum Gasteiger partial charge on any atom is -0.466 e. The highest BCUT2D eigenvalue weighted by Gasteiger charge is 2.44. The quantitative estimate of drug-likeness (QED) is 0.242. The van der Waals surface area contributed by atoms with Gasteiger partial charge in [0.1, 0.15) is 5.82 Å². The Morgan fingerprint density at radius 3 is 2.21 bits per heavy atom. The van der Waals surface area contributed by atoms with Crippen LogP contribution in [0.15, 0.2) is 72.8 Å². The maximum absolute atomic E-state index is 14.8. The zero-order chi connectivity index (χ0) is 27.5. The molecule has 3 aromatic carbocycles. The first-order valence-electron chi connectivity index (χ1n) is 13.6. The van der Waals surface area contributed by atoms with Crippen LogP contribution < -0.4 is 9.80 Å². The Morgan fingerprint density at radius 1 is 0.923 bits per heavy atom. The Kier molecular flexibility index (Phi) is 7.82. The van der Waals surface area contributed by atoms with E-state index in [9.17, 15) is 14.0 Å². The van der Waals surface area contributed by atoms with Crippen molar-refractivity contribution < 1.29 is 18.7 Å². The second kappa shape index (κ2) is 11.4. The molecule has 6 heteroatoms. The lowest BCUT2D eigenvalue weighted by molar-refractivity contribution is -0.134. The van der Waals surface area contributed by atoms with E-state index < -0.39 is 11.8 Å². The molecule has 2 aliphatic carbocycles. The molecule has 0 aliphatic heterocycles. The van der Waals surface area contributed by atoms with Gasteiger partial charge in [-0.1, -0.05) is 42.8 Å². The molecular weight excluding hydrogens is 491 g/mol. The van der Waals surface area contributed by atoms with Crippen molar-refractivity contribution in [1.82, 2.24) is 0 Å². The lowest BCUT2D eigenvalue weighted by Gasteiger charge is -2.30. The highest BCUT2D eigenvalue weighted by atomic mass is 19.1. The Hall–Kier alpha value is -3.93. The van der Waals surface area contributed by atoms with E-state index in [1.54, 1.807) is 11.0 Å². The van der Waals surface area contributed by atoms with Crippen LogP contribution in [0.1, 0.15) is 36.8 Å². The number of hydrogen-bond donors (Lipinski definition) is 0. The van der Waals surface area contributed by atoms with Crippen molar-refractivity contribution in [2.45, 2.75) is 32.2 Å². The zero-order valence-corrected chi connectivity index (χ0v) is 22.8. The van der Waals surface area contributed by atoms with Crippen LogP contribution >= 0.6 is 0 Å². The van der Waals surface area contributed by atoms with E-state index >= 15 is 0 Å². The van der Waals surface area contributed by atoms with Crippen LogP contribution in [0, 0.1) is 23.6 Å². The summed E-state index contributed by atoms with van der Waals surface area (Å²) in [6.07, 6.45) is 7.08. The molecule has 202 valence electrons. The van der Waals surface area contributed by atoms with Gasteiger partial charge in [0.2, 0.25) is 5.91 Å². The molecule has 2 bridgehead atoms. The molecule has 1 amide bonds. The summed E-state index contributed by atoms with van der Waals surface area (Å²) in [7, 11) is 5.33. The van der Waals surface area contributed by atoms with E-state index in [0.717, 1.165) is 41.6 Å². The number of rotatable bonds is 8. The maximum atomic E-state index is 14.8. The van der Waals surface area contributed by atoms with Gasteiger partial charge in [-0.15, -0.1) is 0 Å². The Balaban J connectivity index is 1.43. The number of anilines is 2. The van der Waals surface area contributed by atoms with Crippen LogP contribution in [0.2, 0.25) is 0 Å². The Bertz CT molecular complexity index is 1360. The Morgan fingerprint density at radius 2 is 1.62 bits per heavy atom. The van der Waals surface area contributed by atoms with Gasteiger partial charge in [0.15, 0.2) is 0 Å². The molecule has 0 radical (unpaired) electrons. The van der Waals surface area contributed by atoms with E-state index in [2.05, 4.69) is 46.0 Å². The number of hydrogen-bond acceptors (Lipinski definition) is 4. The summed E-state index contributed by atoms with van der Waals surface area (Å²) in [4.78, 5) is 29.3. The smallest absolute Gasteiger partial charge is 0.330 e. The van der Waals surface area contributed by atoms with Gasteiger partial charge in [-0.25, -0.2) is 9.18 Å². The van der Waals surface area contributed by atoms with E-state index in [-0.39, 0.29) is 11.8 Å². The standard InChI is InChI=1S/C33H35FN2O3/c1-35(2)29-13-11-26(12-14-29)25-8-4-22(5-9-25)21-36(33(38)31-19-23-6-10-27(31)16-23)30-18-24(17-28(34)20-30)7-15-32(37)39-3/h4-5,7-9,11-15,17-18,20,23,27,31H,6,10,16,19,21H2,1-3H3/b15-7+/t23-,27+,31?/m0/s1. The van der Waals surface area contributed by atoms with Crippen molar-refractivity contribution in [3.8, 4) is 11.1 Å². The first kappa shape index (κ1) is 26.7. The van der Waals surface area contributed by atoms with E-state index in [1.165, 1.54) is 37.8 Å². The molecule has 2 saturated carbocycles. The first-order valence-corrected chi connectivity index (χ1v) is 13.6. The topological polar surface area (TPSA) is 49.9 Å². The first-order chi connectivity index (χ1) is 18.8. The van der Waals surface area contributed by atoms with E-state index in [1.807, 2.05) is 26.2 Å². The highest BCUT2D eigenvalue weighted by Crippen LogP contribution is 2.49. The molecule has 2 fully saturated rings. The van der Waals surface area contributed by atoms with E-state index in [0.29, 0.717) is 29.6 Å². The second-order valence-corrected chi connectivity index (χ2v) is 10.9. The van der Waals surface area contributed by atoms with Crippen molar-refractivity contribution in [3.05, 3.63) is 89.8 Å². The summed E-state index contributed by atoms with van der Waals surface area (Å²) in [5, 5.41) is 0. The van der Waals surface area contributed by atoms with Crippen LogP contribution in [0.4, 0.5) is 15.8 Å². The number of carbonyl (C=O) groups excluding carboxylic acids is 2. The van der Waals surface area contributed by atoms with Gasteiger partial charge in [0.25, 0.3) is 0 Å².